The number of oxazole rings is 1. The fourth-order valence-electron chi connectivity index (χ4n) is 4.85. The number of carbonyl (C=O) groups is 2. The van der Waals surface area contributed by atoms with E-state index < -0.39 is 0 Å². The maximum atomic E-state index is 12.9. The van der Waals surface area contributed by atoms with Gasteiger partial charge in [0.15, 0.2) is 12.3 Å². The zero-order valence-electron chi connectivity index (χ0n) is 21.6. The minimum Gasteiger partial charge on any atom is -0.484 e. The first-order chi connectivity index (χ1) is 18.5. The van der Waals surface area contributed by atoms with Gasteiger partial charge in [-0.25, -0.2) is 4.98 Å². The van der Waals surface area contributed by atoms with Crippen LogP contribution in [-0.2, 0) is 24.4 Å². The molecule has 0 saturated carbocycles. The Bertz CT molecular complexity index is 1430. The van der Waals surface area contributed by atoms with Crippen LogP contribution in [0.5, 0.6) is 5.75 Å². The molecule has 1 aromatic heterocycles. The van der Waals surface area contributed by atoms with Gasteiger partial charge in [0, 0.05) is 19.5 Å². The topological polar surface area (TPSA) is 84.7 Å². The van der Waals surface area contributed by atoms with Crippen LogP contribution in [0.1, 0.15) is 63.6 Å². The van der Waals surface area contributed by atoms with E-state index in [1.165, 1.54) is 11.8 Å². The summed E-state index contributed by atoms with van der Waals surface area (Å²) in [6.07, 6.45) is 2.60. The van der Waals surface area contributed by atoms with Crippen LogP contribution < -0.4 is 10.1 Å². The molecule has 194 valence electrons. The molecule has 0 spiro atoms. The van der Waals surface area contributed by atoms with Gasteiger partial charge < -0.3 is 19.4 Å². The molecule has 2 heterocycles. The Balaban J connectivity index is 1.30. The van der Waals surface area contributed by atoms with Gasteiger partial charge in [-0.2, -0.15) is 0 Å². The van der Waals surface area contributed by atoms with Crippen molar-refractivity contribution in [3.05, 3.63) is 118 Å². The average molecular weight is 510 g/mol. The quantitative estimate of drug-likeness (QED) is 0.345. The molecule has 0 aliphatic carbocycles. The Labute approximate surface area is 222 Å². The molecular weight excluding hydrogens is 478 g/mol. The lowest BCUT2D eigenvalue weighted by molar-refractivity contribution is -0.132. The summed E-state index contributed by atoms with van der Waals surface area (Å²) in [5.41, 5.74) is 5.72. The highest BCUT2D eigenvalue weighted by molar-refractivity contribution is 5.91. The molecule has 4 aromatic rings. The number of rotatable bonds is 8. The van der Waals surface area contributed by atoms with Crippen LogP contribution in [0.4, 0.5) is 0 Å². The van der Waals surface area contributed by atoms with Gasteiger partial charge in [0.2, 0.25) is 11.8 Å². The summed E-state index contributed by atoms with van der Waals surface area (Å²) >= 11 is 0. The number of amides is 2. The second-order valence-electron chi connectivity index (χ2n) is 9.45. The highest BCUT2D eigenvalue weighted by Crippen LogP contribution is 2.38. The van der Waals surface area contributed by atoms with E-state index >= 15 is 0 Å². The van der Waals surface area contributed by atoms with Crippen molar-refractivity contribution in [1.29, 1.82) is 0 Å². The van der Waals surface area contributed by atoms with Gasteiger partial charge >= 0.3 is 0 Å². The third kappa shape index (κ3) is 5.62. The van der Waals surface area contributed by atoms with Crippen molar-refractivity contribution in [1.82, 2.24) is 15.2 Å². The number of nitrogens with one attached hydrogen (secondary N) is 1. The minimum atomic E-state index is -0.306. The number of carbonyl (C=O) groups excluding carboxylic acids is 2. The summed E-state index contributed by atoms with van der Waals surface area (Å²) in [5, 5.41) is 2.84. The van der Waals surface area contributed by atoms with E-state index in [4.69, 9.17) is 9.15 Å². The normalized spacial score (nSPS) is 14.6. The van der Waals surface area contributed by atoms with Crippen LogP contribution in [0, 0.1) is 6.92 Å². The second-order valence-corrected chi connectivity index (χ2v) is 9.45. The van der Waals surface area contributed by atoms with E-state index in [9.17, 15) is 9.59 Å². The lowest BCUT2D eigenvalue weighted by atomic mass is 9.87. The summed E-state index contributed by atoms with van der Waals surface area (Å²) in [6, 6.07) is 23.8. The van der Waals surface area contributed by atoms with Crippen LogP contribution >= 0.6 is 0 Å². The van der Waals surface area contributed by atoms with Crippen LogP contribution in [0.3, 0.4) is 0 Å². The number of hydrogen-bond donors (Lipinski definition) is 1. The van der Waals surface area contributed by atoms with Crippen molar-refractivity contribution in [2.45, 2.75) is 45.9 Å². The van der Waals surface area contributed by atoms with E-state index in [0.717, 1.165) is 28.7 Å². The van der Waals surface area contributed by atoms with Gasteiger partial charge in [-0.1, -0.05) is 73.2 Å². The molecule has 1 unspecified atom stereocenters. The third-order valence-electron chi connectivity index (χ3n) is 6.77. The first-order valence-corrected chi connectivity index (χ1v) is 12.9. The Kier molecular flexibility index (Phi) is 7.54. The molecule has 38 heavy (non-hydrogen) atoms. The van der Waals surface area contributed by atoms with Crippen LogP contribution in [0.15, 0.2) is 83.5 Å². The number of benzene rings is 3. The Morgan fingerprint density at radius 3 is 2.71 bits per heavy atom. The summed E-state index contributed by atoms with van der Waals surface area (Å²) in [5.74, 6) is 0.789. The van der Waals surface area contributed by atoms with Gasteiger partial charge in [0.05, 0.1) is 6.04 Å². The highest BCUT2D eigenvalue weighted by Gasteiger charge is 2.31. The summed E-state index contributed by atoms with van der Waals surface area (Å²) in [4.78, 5) is 31.6. The Hall–Kier alpha value is -4.39. The predicted molar refractivity (Wildman–Crippen MR) is 144 cm³/mol. The van der Waals surface area contributed by atoms with E-state index in [1.807, 2.05) is 60.4 Å². The molecule has 0 fully saturated rings. The molecule has 0 bridgehead atoms. The van der Waals surface area contributed by atoms with Crippen LogP contribution in [0.2, 0.25) is 0 Å². The molecule has 1 N–H and O–H groups in total. The number of nitrogens with zero attached hydrogens (tertiary/aromatic N) is 2. The maximum absolute atomic E-state index is 12.9. The Morgan fingerprint density at radius 1 is 1.08 bits per heavy atom. The number of aryl methyl sites for hydroxylation is 1. The molecular formula is C31H31N3O4. The standard InChI is InChI=1S/C31H31N3O4/c1-3-29(35)34-15-14-23-12-13-25(17-26(23)30(34)24-11-7-8-21(2)16-24)37-20-28-33-27(19-38-28)31(36)32-18-22-9-5-4-6-10-22/h4-13,16-17,19,30H,3,14-15,18,20H2,1-2H3,(H,32,36). The van der Waals surface area contributed by atoms with E-state index in [-0.39, 0.29) is 30.2 Å². The lowest BCUT2D eigenvalue weighted by Gasteiger charge is -2.38. The molecule has 5 rings (SSSR count). The average Bonchev–Trinajstić information content (AvgIpc) is 3.43. The van der Waals surface area contributed by atoms with Crippen molar-refractivity contribution in [3.8, 4) is 5.75 Å². The van der Waals surface area contributed by atoms with E-state index in [1.54, 1.807) is 0 Å². The van der Waals surface area contributed by atoms with Gasteiger partial charge in [-0.15, -0.1) is 0 Å². The van der Waals surface area contributed by atoms with Crippen molar-refractivity contribution < 1.29 is 18.7 Å². The molecule has 3 aromatic carbocycles. The maximum Gasteiger partial charge on any atom is 0.273 e. The summed E-state index contributed by atoms with van der Waals surface area (Å²) in [7, 11) is 0. The van der Waals surface area contributed by atoms with Crippen molar-refractivity contribution in [2.24, 2.45) is 0 Å². The van der Waals surface area contributed by atoms with E-state index in [2.05, 4.69) is 41.5 Å². The lowest BCUT2D eigenvalue weighted by Crippen LogP contribution is -2.40. The van der Waals surface area contributed by atoms with Crippen molar-refractivity contribution in [2.75, 3.05) is 6.54 Å². The predicted octanol–water partition coefficient (Wildman–Crippen LogP) is 5.38. The summed E-state index contributed by atoms with van der Waals surface area (Å²) in [6.45, 7) is 5.14. The first kappa shape index (κ1) is 25.3. The van der Waals surface area contributed by atoms with Gasteiger partial charge in [-0.3, -0.25) is 9.59 Å². The zero-order chi connectivity index (χ0) is 26.5. The number of hydrogen-bond acceptors (Lipinski definition) is 5. The highest BCUT2D eigenvalue weighted by atomic mass is 16.5. The zero-order valence-corrected chi connectivity index (χ0v) is 21.6. The molecule has 1 aliphatic rings. The first-order valence-electron chi connectivity index (χ1n) is 12.9. The van der Waals surface area contributed by atoms with Gasteiger partial charge in [0.25, 0.3) is 5.91 Å². The van der Waals surface area contributed by atoms with Crippen LogP contribution in [-0.4, -0.2) is 28.2 Å². The number of fused-ring (bicyclic) bond motifs is 1. The fourth-order valence-corrected chi connectivity index (χ4v) is 4.85. The van der Waals surface area contributed by atoms with E-state index in [0.29, 0.717) is 31.2 Å². The largest absolute Gasteiger partial charge is 0.484 e. The number of ether oxygens (including phenoxy) is 1. The van der Waals surface area contributed by atoms with Gasteiger partial charge in [0.1, 0.15) is 12.0 Å². The van der Waals surface area contributed by atoms with Crippen LogP contribution in [0.25, 0.3) is 0 Å². The smallest absolute Gasteiger partial charge is 0.273 e. The molecule has 2 amide bonds. The monoisotopic (exact) mass is 509 g/mol. The molecule has 7 nitrogen and oxygen atoms in total. The van der Waals surface area contributed by atoms with Crippen molar-refractivity contribution >= 4 is 11.8 Å². The second kappa shape index (κ2) is 11.3. The molecule has 7 heteroatoms. The third-order valence-corrected chi connectivity index (χ3v) is 6.77. The van der Waals surface area contributed by atoms with Crippen molar-refractivity contribution in [3.63, 3.8) is 0 Å². The molecule has 0 saturated heterocycles. The van der Waals surface area contributed by atoms with Gasteiger partial charge in [-0.05, 0) is 47.7 Å². The Morgan fingerprint density at radius 2 is 1.92 bits per heavy atom. The number of aromatic nitrogens is 1. The molecule has 1 atom stereocenters. The minimum absolute atomic E-state index is 0.0808. The fraction of sp³-hybridized carbons (Fsp3) is 0.258. The SMILES string of the molecule is CCC(=O)N1CCc2ccc(OCc3nc(C(=O)NCc4ccccc4)co3)cc2C1c1cccc(C)c1. The molecule has 0 radical (unpaired) electrons. The molecule has 1 aliphatic heterocycles. The summed E-state index contributed by atoms with van der Waals surface area (Å²) < 4.78 is 11.5.